The summed E-state index contributed by atoms with van der Waals surface area (Å²) < 4.78 is 0. The molecule has 2 aromatic rings. The highest BCUT2D eigenvalue weighted by atomic mass is 16.7. The van der Waals surface area contributed by atoms with E-state index in [1.54, 1.807) is 24.3 Å². The highest BCUT2D eigenvalue weighted by Crippen LogP contribution is 2.21. The van der Waals surface area contributed by atoms with Gasteiger partial charge in [-0.05, 0) is 24.1 Å². The third-order valence-corrected chi connectivity index (χ3v) is 3.59. The van der Waals surface area contributed by atoms with E-state index in [9.17, 15) is 4.79 Å². The van der Waals surface area contributed by atoms with Crippen LogP contribution in [-0.2, 0) is 11.3 Å². The Kier molecular flexibility index (Phi) is 3.78. The third-order valence-electron chi connectivity index (χ3n) is 3.59. The first-order valence-corrected chi connectivity index (χ1v) is 7.10. The Morgan fingerprint density at radius 3 is 2.73 bits per heavy atom. The van der Waals surface area contributed by atoms with Gasteiger partial charge in [0.15, 0.2) is 5.84 Å². The van der Waals surface area contributed by atoms with Gasteiger partial charge in [0.1, 0.15) is 0 Å². The Bertz CT molecular complexity index is 723. The van der Waals surface area contributed by atoms with Crippen LogP contribution in [0.3, 0.4) is 0 Å². The van der Waals surface area contributed by atoms with Crippen LogP contribution in [0.25, 0.3) is 0 Å². The van der Waals surface area contributed by atoms with Gasteiger partial charge in [-0.1, -0.05) is 48.5 Å². The molecule has 1 aliphatic heterocycles. The zero-order chi connectivity index (χ0) is 15.5. The number of rotatable bonds is 4. The van der Waals surface area contributed by atoms with Crippen LogP contribution in [0.2, 0.25) is 0 Å². The number of nitrogens with one attached hydrogen (secondary N) is 1. The van der Waals surface area contributed by atoms with Crippen molar-refractivity contribution in [2.24, 2.45) is 5.16 Å². The van der Waals surface area contributed by atoms with E-state index in [0.29, 0.717) is 11.4 Å². The summed E-state index contributed by atoms with van der Waals surface area (Å²) in [5.74, 6) is -0.430. The van der Waals surface area contributed by atoms with Gasteiger partial charge in [0.05, 0.1) is 5.56 Å². The maximum Gasteiger partial charge on any atom is 0.335 e. The number of hydrogen-bond acceptors (Lipinski definition) is 4. The largest absolute Gasteiger partial charge is 0.478 e. The smallest absolute Gasteiger partial charge is 0.335 e. The monoisotopic (exact) mass is 296 g/mol. The molecule has 0 aromatic heterocycles. The van der Waals surface area contributed by atoms with E-state index in [4.69, 9.17) is 9.94 Å². The van der Waals surface area contributed by atoms with Crippen molar-refractivity contribution < 1.29 is 14.7 Å². The lowest BCUT2D eigenvalue weighted by atomic mass is 10.1. The van der Waals surface area contributed by atoms with Crippen LogP contribution < -0.4 is 5.32 Å². The van der Waals surface area contributed by atoms with Gasteiger partial charge < -0.3 is 15.3 Å². The van der Waals surface area contributed by atoms with E-state index in [1.165, 1.54) is 5.56 Å². The molecule has 112 valence electrons. The molecule has 5 nitrogen and oxygen atoms in total. The highest BCUT2D eigenvalue weighted by Gasteiger charge is 2.22. The topological polar surface area (TPSA) is 70.9 Å². The summed E-state index contributed by atoms with van der Waals surface area (Å²) in [6.45, 7) is 2.11. The van der Waals surface area contributed by atoms with Gasteiger partial charge in [-0.25, -0.2) is 4.79 Å². The molecule has 1 atom stereocenters. The summed E-state index contributed by atoms with van der Waals surface area (Å²) in [5.41, 5.74) is 3.15. The molecule has 2 aromatic carbocycles. The first-order valence-electron chi connectivity index (χ1n) is 7.10. The Balaban J connectivity index is 1.76. The molecule has 22 heavy (non-hydrogen) atoms. The van der Waals surface area contributed by atoms with E-state index >= 15 is 0 Å². The summed E-state index contributed by atoms with van der Waals surface area (Å²) in [5, 5.41) is 16.2. The van der Waals surface area contributed by atoms with Crippen molar-refractivity contribution in [3.63, 3.8) is 0 Å². The van der Waals surface area contributed by atoms with Gasteiger partial charge in [0.2, 0.25) is 6.23 Å². The molecule has 1 unspecified atom stereocenters. The number of amidine groups is 1. The number of benzene rings is 2. The minimum atomic E-state index is -0.965. The number of hydrogen-bond donors (Lipinski definition) is 2. The molecule has 1 heterocycles. The Labute approximate surface area is 128 Å². The van der Waals surface area contributed by atoms with Crippen LogP contribution in [0.15, 0.2) is 53.7 Å². The summed E-state index contributed by atoms with van der Waals surface area (Å²) in [4.78, 5) is 16.4. The van der Waals surface area contributed by atoms with Gasteiger partial charge in [-0.2, -0.15) is 0 Å². The lowest BCUT2D eigenvalue weighted by molar-refractivity contribution is 0.0696. The summed E-state index contributed by atoms with van der Waals surface area (Å²) in [6, 6.07) is 14.7. The number of oxime groups is 1. The van der Waals surface area contributed by atoms with E-state index in [1.807, 2.05) is 12.1 Å². The van der Waals surface area contributed by atoms with Crippen molar-refractivity contribution in [2.45, 2.75) is 19.6 Å². The third kappa shape index (κ3) is 2.79. The molecule has 0 aliphatic carbocycles. The normalized spacial score (nSPS) is 16.6. The van der Waals surface area contributed by atoms with Crippen LogP contribution in [0.4, 0.5) is 0 Å². The molecular formula is C17H16N2O3. The van der Waals surface area contributed by atoms with E-state index < -0.39 is 5.97 Å². The predicted octanol–water partition coefficient (Wildman–Crippen LogP) is 2.93. The average molecular weight is 296 g/mol. The van der Waals surface area contributed by atoms with Crippen molar-refractivity contribution in [2.75, 3.05) is 0 Å². The molecule has 3 rings (SSSR count). The summed E-state index contributed by atoms with van der Waals surface area (Å²) in [6.07, 6.45) is 0.637. The Morgan fingerprint density at radius 1 is 1.27 bits per heavy atom. The van der Waals surface area contributed by atoms with Crippen molar-refractivity contribution in [3.05, 3.63) is 70.8 Å². The first kappa shape index (κ1) is 14.1. The van der Waals surface area contributed by atoms with Crippen LogP contribution >= 0.6 is 0 Å². The van der Waals surface area contributed by atoms with E-state index in [0.717, 1.165) is 12.0 Å². The second-order valence-corrected chi connectivity index (χ2v) is 5.05. The van der Waals surface area contributed by atoms with Crippen molar-refractivity contribution in [3.8, 4) is 0 Å². The fraction of sp³-hybridized carbons (Fsp3) is 0.176. The van der Waals surface area contributed by atoms with Crippen molar-refractivity contribution in [1.29, 1.82) is 0 Å². The number of nitrogens with zero attached hydrogens (tertiary/aromatic N) is 1. The van der Waals surface area contributed by atoms with Crippen LogP contribution in [-0.4, -0.2) is 16.9 Å². The SMILES string of the molecule is CCc1ccc(C2NC(c3cccc(C(=O)O)c3)=NO2)cc1. The van der Waals surface area contributed by atoms with E-state index in [2.05, 4.69) is 29.5 Å². The van der Waals surface area contributed by atoms with Crippen LogP contribution in [0.1, 0.15) is 40.2 Å². The fourth-order valence-corrected chi connectivity index (χ4v) is 2.29. The zero-order valence-corrected chi connectivity index (χ0v) is 12.1. The molecule has 5 heteroatoms. The lowest BCUT2D eigenvalue weighted by Gasteiger charge is -2.11. The van der Waals surface area contributed by atoms with Gasteiger partial charge in [-0.3, -0.25) is 0 Å². The molecule has 2 N–H and O–H groups in total. The number of carboxylic acid groups (broad SMARTS) is 1. The van der Waals surface area contributed by atoms with Gasteiger partial charge in [0.25, 0.3) is 0 Å². The second-order valence-electron chi connectivity index (χ2n) is 5.05. The molecule has 0 saturated heterocycles. The fourth-order valence-electron chi connectivity index (χ4n) is 2.29. The Hall–Kier alpha value is -2.82. The summed E-state index contributed by atoms with van der Waals surface area (Å²) in [7, 11) is 0. The highest BCUT2D eigenvalue weighted by molar-refractivity contribution is 6.01. The molecule has 0 spiro atoms. The number of carboxylic acids is 1. The van der Waals surface area contributed by atoms with Gasteiger partial charge in [-0.15, -0.1) is 0 Å². The van der Waals surface area contributed by atoms with Gasteiger partial charge >= 0.3 is 5.97 Å². The lowest BCUT2D eigenvalue weighted by Crippen LogP contribution is -2.23. The first-order chi connectivity index (χ1) is 10.7. The standard InChI is InChI=1S/C17H16N2O3/c1-2-11-6-8-12(9-7-11)16-18-15(19-22-16)13-4-3-5-14(10-13)17(20)21/h3-10,16H,2H2,1H3,(H,18,19)(H,20,21). The molecule has 0 radical (unpaired) electrons. The second kappa shape index (κ2) is 5.89. The Morgan fingerprint density at radius 2 is 2.05 bits per heavy atom. The van der Waals surface area contributed by atoms with Gasteiger partial charge in [0, 0.05) is 11.1 Å². The minimum absolute atomic E-state index is 0.220. The number of carbonyl (C=O) groups is 1. The predicted molar refractivity (Wildman–Crippen MR) is 82.7 cm³/mol. The van der Waals surface area contributed by atoms with Crippen molar-refractivity contribution in [1.82, 2.24) is 5.32 Å². The minimum Gasteiger partial charge on any atom is -0.478 e. The maximum atomic E-state index is 11.0. The molecule has 0 amide bonds. The van der Waals surface area contributed by atoms with Crippen LogP contribution in [0.5, 0.6) is 0 Å². The molecule has 0 fully saturated rings. The quantitative estimate of drug-likeness (QED) is 0.910. The van der Waals surface area contributed by atoms with E-state index in [-0.39, 0.29) is 11.8 Å². The zero-order valence-electron chi connectivity index (χ0n) is 12.1. The molecule has 0 saturated carbocycles. The average Bonchev–Trinajstić information content (AvgIpc) is 3.05. The van der Waals surface area contributed by atoms with Crippen molar-refractivity contribution >= 4 is 11.8 Å². The maximum absolute atomic E-state index is 11.0. The number of aromatic carboxylic acids is 1. The molecule has 0 bridgehead atoms. The molecular weight excluding hydrogens is 280 g/mol. The number of aryl methyl sites for hydroxylation is 1. The van der Waals surface area contributed by atoms with Crippen LogP contribution in [0, 0.1) is 0 Å². The summed E-state index contributed by atoms with van der Waals surface area (Å²) >= 11 is 0. The molecule has 1 aliphatic rings.